The molecule has 1 unspecified atom stereocenters. The van der Waals surface area contributed by atoms with Crippen LogP contribution < -0.4 is 4.72 Å². The highest BCUT2D eigenvalue weighted by molar-refractivity contribution is 9.10. The minimum absolute atomic E-state index is 0.0592. The van der Waals surface area contributed by atoms with E-state index in [-0.39, 0.29) is 28.8 Å². The zero-order chi connectivity index (χ0) is 21.8. The normalized spacial score (nSPS) is 24.7. The first-order valence-corrected chi connectivity index (χ1v) is 12.9. The summed E-state index contributed by atoms with van der Waals surface area (Å²) in [5.74, 6) is 0.0871. The molecular formula is C23H27BrN2O4S. The van der Waals surface area contributed by atoms with Crippen molar-refractivity contribution in [3.8, 4) is 0 Å². The number of morpholine rings is 1. The predicted octanol–water partition coefficient (Wildman–Crippen LogP) is 3.89. The lowest BCUT2D eigenvalue weighted by Gasteiger charge is -2.39. The van der Waals surface area contributed by atoms with E-state index in [1.807, 2.05) is 35.2 Å². The van der Waals surface area contributed by atoms with Gasteiger partial charge in [0.1, 0.15) is 0 Å². The fraction of sp³-hybridized carbons (Fsp3) is 0.435. The molecule has 0 spiro atoms. The fourth-order valence-electron chi connectivity index (χ4n) is 4.41. The van der Waals surface area contributed by atoms with Crippen LogP contribution in [0, 0.1) is 5.92 Å². The second kappa shape index (κ2) is 9.81. The Morgan fingerprint density at radius 3 is 2.35 bits per heavy atom. The largest absolute Gasteiger partial charge is 0.377 e. The maximum Gasteiger partial charge on any atom is 0.240 e. The summed E-state index contributed by atoms with van der Waals surface area (Å²) in [5.41, 5.74) is 1.09. The number of sulfonamides is 1. The van der Waals surface area contributed by atoms with E-state index in [0.29, 0.717) is 45.4 Å². The van der Waals surface area contributed by atoms with Gasteiger partial charge in [-0.3, -0.25) is 4.79 Å². The van der Waals surface area contributed by atoms with Gasteiger partial charge in [0.05, 0.1) is 24.2 Å². The Balaban J connectivity index is 1.36. The number of hydrogen-bond donors (Lipinski definition) is 1. The molecule has 0 bridgehead atoms. The Morgan fingerprint density at radius 2 is 1.68 bits per heavy atom. The summed E-state index contributed by atoms with van der Waals surface area (Å²) in [7, 11) is -3.56. The van der Waals surface area contributed by atoms with E-state index in [9.17, 15) is 13.2 Å². The Morgan fingerprint density at radius 1 is 1.00 bits per heavy atom. The second-order valence-electron chi connectivity index (χ2n) is 8.16. The monoisotopic (exact) mass is 506 g/mol. The average molecular weight is 507 g/mol. The van der Waals surface area contributed by atoms with Crippen LogP contribution in [0.2, 0.25) is 0 Å². The molecule has 2 fully saturated rings. The van der Waals surface area contributed by atoms with Crippen molar-refractivity contribution >= 4 is 31.9 Å². The Hall–Kier alpha value is -1.74. The lowest BCUT2D eigenvalue weighted by atomic mass is 9.85. The average Bonchev–Trinajstić information content (AvgIpc) is 2.80. The third kappa shape index (κ3) is 5.37. The third-order valence-corrected chi connectivity index (χ3v) is 8.18. The summed E-state index contributed by atoms with van der Waals surface area (Å²) in [6.07, 6.45) is 2.69. The van der Waals surface area contributed by atoms with E-state index in [0.717, 1.165) is 10.0 Å². The van der Waals surface area contributed by atoms with Crippen LogP contribution in [0.15, 0.2) is 64.0 Å². The number of carbonyl (C=O) groups is 1. The van der Waals surface area contributed by atoms with Crippen molar-refractivity contribution in [3.63, 3.8) is 0 Å². The molecule has 0 aromatic heterocycles. The molecule has 1 aliphatic heterocycles. The van der Waals surface area contributed by atoms with E-state index in [2.05, 4.69) is 20.7 Å². The lowest BCUT2D eigenvalue weighted by Crippen LogP contribution is -2.47. The van der Waals surface area contributed by atoms with Gasteiger partial charge in [0.2, 0.25) is 15.9 Å². The third-order valence-electron chi connectivity index (χ3n) is 6.12. The van der Waals surface area contributed by atoms with Gasteiger partial charge in [-0.1, -0.05) is 46.3 Å². The molecule has 1 amide bonds. The minimum atomic E-state index is -3.56. The maximum absolute atomic E-state index is 13.3. The second-order valence-corrected chi connectivity index (χ2v) is 10.8. The molecule has 8 heteroatoms. The van der Waals surface area contributed by atoms with Crippen molar-refractivity contribution in [1.29, 1.82) is 0 Å². The molecule has 0 radical (unpaired) electrons. The molecular weight excluding hydrogens is 480 g/mol. The predicted molar refractivity (Wildman–Crippen MR) is 122 cm³/mol. The lowest BCUT2D eigenvalue weighted by molar-refractivity contribution is -0.145. The highest BCUT2D eigenvalue weighted by Gasteiger charge is 2.35. The van der Waals surface area contributed by atoms with E-state index in [4.69, 9.17) is 4.74 Å². The molecule has 2 aliphatic rings. The molecule has 31 heavy (non-hydrogen) atoms. The molecule has 2 aromatic carbocycles. The van der Waals surface area contributed by atoms with Crippen LogP contribution >= 0.6 is 15.9 Å². The number of nitrogens with zero attached hydrogens (tertiary/aromatic N) is 1. The number of ether oxygens (including phenoxy) is 1. The highest BCUT2D eigenvalue weighted by atomic mass is 79.9. The zero-order valence-electron chi connectivity index (χ0n) is 17.2. The van der Waals surface area contributed by atoms with E-state index < -0.39 is 10.0 Å². The van der Waals surface area contributed by atoms with Crippen LogP contribution in [0.1, 0.15) is 37.3 Å². The molecule has 1 atom stereocenters. The van der Waals surface area contributed by atoms with Crippen LogP contribution in [0.25, 0.3) is 0 Å². The van der Waals surface area contributed by atoms with Crippen molar-refractivity contribution < 1.29 is 17.9 Å². The number of hydrogen-bond acceptors (Lipinski definition) is 4. The Bertz CT molecular complexity index is 990. The van der Waals surface area contributed by atoms with E-state index in [1.165, 1.54) is 0 Å². The van der Waals surface area contributed by atoms with Gasteiger partial charge in [-0.25, -0.2) is 13.1 Å². The first kappa shape index (κ1) is 22.5. The number of halogens is 1. The van der Waals surface area contributed by atoms with Gasteiger partial charge in [-0.05, 0) is 55.5 Å². The Labute approximate surface area is 192 Å². The number of nitrogens with one attached hydrogen (secondary N) is 1. The summed E-state index contributed by atoms with van der Waals surface area (Å²) in [6.45, 7) is 1.66. The zero-order valence-corrected chi connectivity index (χ0v) is 19.6. The van der Waals surface area contributed by atoms with Crippen LogP contribution in [0.3, 0.4) is 0 Å². The Kier molecular flexibility index (Phi) is 7.11. The van der Waals surface area contributed by atoms with Crippen LogP contribution in [-0.2, 0) is 19.6 Å². The van der Waals surface area contributed by atoms with Crippen molar-refractivity contribution in [1.82, 2.24) is 9.62 Å². The standard InChI is InChI=1S/C23H27BrN2O4S/c24-19-8-12-21(13-9-19)31(28,29)25-20-10-6-18(7-11-20)23(27)26-14-15-30-16-22(26)17-4-2-1-3-5-17/h1-5,8-9,12-13,18,20,22,25H,6-7,10-11,14-16H2. The quantitative estimate of drug-likeness (QED) is 0.667. The number of amides is 1. The molecule has 166 valence electrons. The molecule has 2 aromatic rings. The van der Waals surface area contributed by atoms with Crippen molar-refractivity contribution in [2.75, 3.05) is 19.8 Å². The van der Waals surface area contributed by atoms with Gasteiger partial charge in [-0.2, -0.15) is 0 Å². The van der Waals surface area contributed by atoms with Crippen LogP contribution in [0.5, 0.6) is 0 Å². The molecule has 1 N–H and O–H groups in total. The number of carbonyl (C=O) groups excluding carboxylic acids is 1. The van der Waals surface area contributed by atoms with Gasteiger partial charge in [-0.15, -0.1) is 0 Å². The molecule has 1 saturated heterocycles. The molecule has 1 saturated carbocycles. The first-order valence-electron chi connectivity index (χ1n) is 10.6. The topological polar surface area (TPSA) is 75.7 Å². The van der Waals surface area contributed by atoms with Gasteiger partial charge < -0.3 is 9.64 Å². The highest BCUT2D eigenvalue weighted by Crippen LogP contribution is 2.32. The smallest absolute Gasteiger partial charge is 0.240 e. The van der Waals surface area contributed by atoms with Crippen molar-refractivity contribution in [2.45, 2.75) is 42.7 Å². The van der Waals surface area contributed by atoms with E-state index >= 15 is 0 Å². The molecule has 4 rings (SSSR count). The van der Waals surface area contributed by atoms with Gasteiger partial charge >= 0.3 is 0 Å². The van der Waals surface area contributed by atoms with Crippen molar-refractivity contribution in [2.24, 2.45) is 5.92 Å². The number of rotatable bonds is 5. The SMILES string of the molecule is O=C(C1CCC(NS(=O)(=O)c2ccc(Br)cc2)CC1)N1CCOCC1c1ccccc1. The molecule has 1 heterocycles. The summed E-state index contributed by atoms with van der Waals surface area (Å²) < 4.78 is 34.6. The molecule has 1 aliphatic carbocycles. The maximum atomic E-state index is 13.3. The first-order chi connectivity index (χ1) is 14.9. The van der Waals surface area contributed by atoms with Gasteiger partial charge in [0, 0.05) is 23.0 Å². The van der Waals surface area contributed by atoms with Gasteiger partial charge in [0.15, 0.2) is 0 Å². The van der Waals surface area contributed by atoms with Crippen molar-refractivity contribution in [3.05, 3.63) is 64.6 Å². The summed E-state index contributed by atoms with van der Waals surface area (Å²) in [5, 5.41) is 0. The van der Waals surface area contributed by atoms with E-state index in [1.54, 1.807) is 24.3 Å². The number of benzene rings is 2. The minimum Gasteiger partial charge on any atom is -0.377 e. The fourth-order valence-corrected chi connectivity index (χ4v) is 5.98. The van der Waals surface area contributed by atoms with Crippen LogP contribution in [0.4, 0.5) is 0 Å². The van der Waals surface area contributed by atoms with Crippen LogP contribution in [-0.4, -0.2) is 45.0 Å². The van der Waals surface area contributed by atoms with Gasteiger partial charge in [0.25, 0.3) is 0 Å². The summed E-state index contributed by atoms with van der Waals surface area (Å²) >= 11 is 3.32. The molecule has 6 nitrogen and oxygen atoms in total. The summed E-state index contributed by atoms with van der Waals surface area (Å²) in [4.78, 5) is 15.5. The summed E-state index contributed by atoms with van der Waals surface area (Å²) in [6, 6.07) is 16.4.